The van der Waals surface area contributed by atoms with Crippen LogP contribution in [0.1, 0.15) is 22.3 Å². The molecule has 2 aliphatic rings. The van der Waals surface area contributed by atoms with Crippen molar-refractivity contribution in [3.63, 3.8) is 0 Å². The largest absolute Gasteiger partial charge is 0.356 e. The van der Waals surface area contributed by atoms with Gasteiger partial charge < -0.3 is 5.32 Å². The minimum Gasteiger partial charge on any atom is -0.356 e. The number of anilines is 2. The third kappa shape index (κ3) is 3.40. The van der Waals surface area contributed by atoms with Crippen LogP contribution in [-0.2, 0) is 5.41 Å². The van der Waals surface area contributed by atoms with Crippen molar-refractivity contribution in [2.45, 2.75) is 5.41 Å². The van der Waals surface area contributed by atoms with Gasteiger partial charge in [0.1, 0.15) is 0 Å². The van der Waals surface area contributed by atoms with Crippen molar-refractivity contribution in [1.29, 1.82) is 0 Å². The maximum atomic E-state index is 3.30. The van der Waals surface area contributed by atoms with Crippen LogP contribution < -0.4 is 5.32 Å². The summed E-state index contributed by atoms with van der Waals surface area (Å²) in [5, 5.41) is 3.30. The molecule has 2 aliphatic carbocycles. The average Bonchev–Trinajstić information content (AvgIpc) is 3.46. The predicted octanol–water partition coefficient (Wildman–Crippen LogP) is 9.46. The highest BCUT2D eigenvalue weighted by Gasteiger charge is 2.51. The minimum absolute atomic E-state index is 0.180. The van der Waals surface area contributed by atoms with E-state index in [4.69, 9.17) is 0 Å². The molecule has 0 radical (unpaired) electrons. The van der Waals surface area contributed by atoms with E-state index in [-0.39, 0.29) is 5.41 Å². The van der Waals surface area contributed by atoms with Crippen LogP contribution in [0.4, 0.5) is 11.4 Å². The third-order valence-electron chi connectivity index (χ3n) is 7.74. The lowest BCUT2D eigenvalue weighted by Crippen LogP contribution is -2.25. The first-order valence-corrected chi connectivity index (χ1v) is 13.1. The molecule has 0 saturated heterocycles. The molecule has 0 atom stereocenters. The molecule has 0 saturated carbocycles. The molecule has 0 unspecified atom stereocenters. The van der Waals surface area contributed by atoms with Gasteiger partial charge in [-0.1, -0.05) is 133 Å². The van der Waals surface area contributed by atoms with Gasteiger partial charge in [-0.05, 0) is 68.8 Å². The Kier molecular flexibility index (Phi) is 5.41. The minimum atomic E-state index is -0.180. The summed E-state index contributed by atoms with van der Waals surface area (Å²) in [5.41, 5.74) is 13.2. The molecule has 1 N–H and O–H groups in total. The van der Waals surface area contributed by atoms with Gasteiger partial charge in [-0.3, -0.25) is 0 Å². The summed E-state index contributed by atoms with van der Waals surface area (Å²) < 4.78 is 0. The summed E-state index contributed by atoms with van der Waals surface area (Å²) in [5.74, 6) is 0. The second-order valence-electron chi connectivity index (χ2n) is 9.79. The van der Waals surface area contributed by atoms with Crippen molar-refractivity contribution in [2.75, 3.05) is 5.32 Å². The smallest absolute Gasteiger partial charge is 0.0725 e. The first-order chi connectivity index (χ1) is 18.9. The van der Waals surface area contributed by atoms with E-state index in [0.717, 1.165) is 11.4 Å². The van der Waals surface area contributed by atoms with Gasteiger partial charge in [0.05, 0.1) is 5.41 Å². The van der Waals surface area contributed by atoms with Gasteiger partial charge >= 0.3 is 0 Å². The van der Waals surface area contributed by atoms with Crippen LogP contribution in [0.2, 0.25) is 0 Å². The van der Waals surface area contributed by atoms with E-state index in [1.165, 1.54) is 44.5 Å². The second-order valence-corrected chi connectivity index (χ2v) is 9.79. The zero-order valence-corrected chi connectivity index (χ0v) is 21.0. The summed E-state index contributed by atoms with van der Waals surface area (Å²) in [7, 11) is 0. The van der Waals surface area contributed by atoms with Gasteiger partial charge in [-0.15, -0.1) is 0 Å². The number of hydrogen-bond donors (Lipinski definition) is 1. The molecule has 0 bridgehead atoms. The third-order valence-corrected chi connectivity index (χ3v) is 7.74. The van der Waals surface area contributed by atoms with Crippen molar-refractivity contribution in [2.24, 2.45) is 0 Å². The molecule has 0 fully saturated rings. The first kappa shape index (κ1) is 22.3. The maximum absolute atomic E-state index is 3.30. The van der Waals surface area contributed by atoms with Gasteiger partial charge in [0.25, 0.3) is 0 Å². The quantitative estimate of drug-likeness (QED) is 0.257. The number of hydrogen-bond acceptors (Lipinski definition) is 1. The van der Waals surface area contributed by atoms with Crippen molar-refractivity contribution < 1.29 is 0 Å². The lowest BCUT2D eigenvalue weighted by molar-refractivity contribution is 0.794. The number of para-hydroxylation sites is 2. The normalized spacial score (nSPS) is 12.9. The fourth-order valence-electron chi connectivity index (χ4n) is 6.26. The number of nitrogens with one attached hydrogen (secondary N) is 1. The Morgan fingerprint density at radius 1 is 0.289 bits per heavy atom. The molecular formula is C37H27N. The lowest BCUT2D eigenvalue weighted by Gasteiger charge is -2.30. The highest BCUT2D eigenvalue weighted by Crippen LogP contribution is 2.62. The molecule has 0 heterocycles. The molecule has 0 aromatic heterocycles. The van der Waals surface area contributed by atoms with Gasteiger partial charge in [0.15, 0.2) is 0 Å². The number of fused-ring (bicyclic) bond motifs is 10. The predicted molar refractivity (Wildman–Crippen MR) is 159 cm³/mol. The Hall–Kier alpha value is -4.88. The molecule has 180 valence electrons. The van der Waals surface area contributed by atoms with Crippen molar-refractivity contribution in [1.82, 2.24) is 0 Å². The summed E-state index contributed by atoms with van der Waals surface area (Å²) >= 11 is 0. The zero-order chi connectivity index (χ0) is 25.4. The van der Waals surface area contributed by atoms with Crippen LogP contribution in [0.5, 0.6) is 0 Å². The Morgan fingerprint density at radius 2 is 0.553 bits per heavy atom. The van der Waals surface area contributed by atoms with E-state index in [1.54, 1.807) is 0 Å². The molecule has 38 heavy (non-hydrogen) atoms. The Balaban J connectivity index is 0.000000158. The van der Waals surface area contributed by atoms with E-state index in [0.29, 0.717) is 0 Å². The molecule has 1 heteroatoms. The highest BCUT2D eigenvalue weighted by atomic mass is 14.9. The fraction of sp³-hybridized carbons (Fsp3) is 0.0270. The summed E-state index contributed by atoms with van der Waals surface area (Å²) in [6.45, 7) is 0. The van der Waals surface area contributed by atoms with Crippen LogP contribution in [0.15, 0.2) is 158 Å². The molecular weight excluding hydrogens is 458 g/mol. The topological polar surface area (TPSA) is 12.0 Å². The Bertz CT molecular complexity index is 1510. The second kappa shape index (κ2) is 9.21. The van der Waals surface area contributed by atoms with E-state index in [9.17, 15) is 0 Å². The lowest BCUT2D eigenvalue weighted by atomic mass is 9.70. The zero-order valence-electron chi connectivity index (χ0n) is 21.0. The van der Waals surface area contributed by atoms with Gasteiger partial charge in [-0.2, -0.15) is 0 Å². The number of rotatable bonds is 2. The number of benzene rings is 6. The van der Waals surface area contributed by atoms with Crippen molar-refractivity contribution in [3.8, 4) is 22.3 Å². The fourth-order valence-corrected chi connectivity index (χ4v) is 6.26. The summed E-state index contributed by atoms with van der Waals surface area (Å²) in [6.07, 6.45) is 0. The molecule has 8 rings (SSSR count). The van der Waals surface area contributed by atoms with Gasteiger partial charge in [0, 0.05) is 11.4 Å². The van der Waals surface area contributed by atoms with Gasteiger partial charge in [0.2, 0.25) is 0 Å². The average molecular weight is 486 g/mol. The maximum Gasteiger partial charge on any atom is 0.0725 e. The van der Waals surface area contributed by atoms with E-state index >= 15 is 0 Å². The van der Waals surface area contributed by atoms with Crippen LogP contribution in [0.3, 0.4) is 0 Å². The molecule has 6 aromatic rings. The standard InChI is InChI=1S/C25H16.C12H11N/c1-5-13-21-17(9-1)18-10-2-6-14-22(18)25(21)23-15-7-3-11-19(23)20-12-4-8-16-24(20)25;1-3-7-11(8-4-1)13-12-9-5-2-6-10-12/h1-16H;1-10,13H. The van der Waals surface area contributed by atoms with Gasteiger partial charge in [-0.25, -0.2) is 0 Å². The molecule has 6 aromatic carbocycles. The molecule has 1 spiro atoms. The van der Waals surface area contributed by atoms with Crippen LogP contribution in [0, 0.1) is 0 Å². The van der Waals surface area contributed by atoms with E-state index in [2.05, 4.69) is 102 Å². The SMILES string of the molecule is c1ccc(Nc2ccccc2)cc1.c1ccc2c(c1)-c1ccccc1C21c2ccccc2-c2ccccc21. The Labute approximate surface area is 224 Å². The van der Waals surface area contributed by atoms with E-state index < -0.39 is 0 Å². The van der Waals surface area contributed by atoms with Crippen LogP contribution in [0.25, 0.3) is 22.3 Å². The highest BCUT2D eigenvalue weighted by molar-refractivity contribution is 5.94. The first-order valence-electron chi connectivity index (χ1n) is 13.1. The van der Waals surface area contributed by atoms with Crippen molar-refractivity contribution in [3.05, 3.63) is 180 Å². The van der Waals surface area contributed by atoms with Crippen LogP contribution >= 0.6 is 0 Å². The monoisotopic (exact) mass is 485 g/mol. The van der Waals surface area contributed by atoms with Crippen molar-refractivity contribution >= 4 is 11.4 Å². The van der Waals surface area contributed by atoms with E-state index in [1.807, 2.05) is 60.7 Å². The Morgan fingerprint density at radius 3 is 0.868 bits per heavy atom. The molecule has 0 aliphatic heterocycles. The summed E-state index contributed by atoms with van der Waals surface area (Å²) in [4.78, 5) is 0. The molecule has 0 amide bonds. The molecule has 1 nitrogen and oxygen atoms in total. The van der Waals surface area contributed by atoms with Crippen LogP contribution in [-0.4, -0.2) is 0 Å². The summed E-state index contributed by atoms with van der Waals surface area (Å²) in [6, 6.07) is 56.0.